The molecule has 0 fully saturated rings. The van der Waals surface area contributed by atoms with Gasteiger partial charge in [-0.3, -0.25) is 4.90 Å². The van der Waals surface area contributed by atoms with Crippen LogP contribution in [0.15, 0.2) is 24.4 Å². The fourth-order valence-corrected chi connectivity index (χ4v) is 2.50. The van der Waals surface area contributed by atoms with E-state index in [4.69, 9.17) is 5.73 Å². The van der Waals surface area contributed by atoms with Crippen LogP contribution in [0.5, 0.6) is 0 Å². The molecule has 96 valence electrons. The van der Waals surface area contributed by atoms with E-state index in [9.17, 15) is 8.78 Å². The molecule has 0 atom stereocenters. The third-order valence-electron chi connectivity index (χ3n) is 2.37. The maximum absolute atomic E-state index is 13.0. The molecule has 0 aliphatic heterocycles. The van der Waals surface area contributed by atoms with Gasteiger partial charge in [0.15, 0.2) is 5.13 Å². The van der Waals surface area contributed by atoms with E-state index in [0.717, 1.165) is 10.9 Å². The average Bonchev–Trinajstić information content (AvgIpc) is 2.61. The number of nitrogens with zero attached hydrogens (tertiary/aromatic N) is 2. The highest BCUT2D eigenvalue weighted by Gasteiger charge is 2.07. The summed E-state index contributed by atoms with van der Waals surface area (Å²) in [7, 11) is 1.87. The van der Waals surface area contributed by atoms with Crippen LogP contribution in [0.3, 0.4) is 0 Å². The minimum atomic E-state index is -0.555. The maximum Gasteiger partial charge on any atom is 0.180 e. The Labute approximate surface area is 108 Å². The largest absolute Gasteiger partial charge is 0.375 e. The van der Waals surface area contributed by atoms with Crippen molar-refractivity contribution in [3.8, 4) is 0 Å². The van der Waals surface area contributed by atoms with Crippen molar-refractivity contribution in [1.29, 1.82) is 0 Å². The van der Waals surface area contributed by atoms with E-state index < -0.39 is 11.6 Å². The van der Waals surface area contributed by atoms with Gasteiger partial charge in [0.1, 0.15) is 11.6 Å². The lowest BCUT2D eigenvalue weighted by Gasteiger charge is -2.15. The molecule has 0 spiro atoms. The predicted molar refractivity (Wildman–Crippen MR) is 68.1 cm³/mol. The van der Waals surface area contributed by atoms with Gasteiger partial charge in [-0.2, -0.15) is 0 Å². The quantitative estimate of drug-likeness (QED) is 0.927. The summed E-state index contributed by atoms with van der Waals surface area (Å²) >= 11 is 1.41. The van der Waals surface area contributed by atoms with Crippen molar-refractivity contribution in [3.05, 3.63) is 46.5 Å². The van der Waals surface area contributed by atoms with Crippen LogP contribution in [-0.4, -0.2) is 16.9 Å². The van der Waals surface area contributed by atoms with Crippen LogP contribution in [-0.2, 0) is 13.1 Å². The first kappa shape index (κ1) is 12.9. The number of rotatable bonds is 4. The van der Waals surface area contributed by atoms with Gasteiger partial charge in [-0.05, 0) is 24.7 Å². The molecule has 1 aromatic carbocycles. The zero-order valence-corrected chi connectivity index (χ0v) is 10.7. The average molecular weight is 269 g/mol. The standard InChI is InChI=1S/C12H13F2N3S/c1-17(7-11-5-16-12(15)18-11)6-8-2-9(13)4-10(14)3-8/h2-5H,6-7H2,1H3,(H2,15,16). The Hall–Kier alpha value is -1.53. The third kappa shape index (κ3) is 3.48. The van der Waals surface area contributed by atoms with E-state index in [0.29, 0.717) is 23.8 Å². The van der Waals surface area contributed by atoms with Crippen LogP contribution in [0.2, 0.25) is 0 Å². The Morgan fingerprint density at radius 3 is 2.44 bits per heavy atom. The molecule has 2 rings (SSSR count). The number of nitrogens with two attached hydrogens (primary N) is 1. The van der Waals surface area contributed by atoms with Crippen molar-refractivity contribution >= 4 is 16.5 Å². The highest BCUT2D eigenvalue weighted by Crippen LogP contribution is 2.17. The first-order chi connectivity index (χ1) is 8.52. The van der Waals surface area contributed by atoms with E-state index in [1.54, 1.807) is 6.20 Å². The second-order valence-electron chi connectivity index (χ2n) is 4.11. The topological polar surface area (TPSA) is 42.2 Å². The van der Waals surface area contributed by atoms with E-state index in [2.05, 4.69) is 4.98 Å². The number of thiazole rings is 1. The van der Waals surface area contributed by atoms with Gasteiger partial charge in [0.2, 0.25) is 0 Å². The predicted octanol–water partition coefficient (Wildman–Crippen LogP) is 2.64. The monoisotopic (exact) mass is 269 g/mol. The molecule has 0 aliphatic rings. The van der Waals surface area contributed by atoms with Gasteiger partial charge in [-0.1, -0.05) is 0 Å². The molecule has 0 radical (unpaired) electrons. The number of hydrogen-bond donors (Lipinski definition) is 1. The van der Waals surface area contributed by atoms with Crippen LogP contribution < -0.4 is 5.73 Å². The summed E-state index contributed by atoms with van der Waals surface area (Å²) in [6, 6.07) is 3.54. The maximum atomic E-state index is 13.0. The lowest BCUT2D eigenvalue weighted by Crippen LogP contribution is -2.16. The van der Waals surface area contributed by atoms with Gasteiger partial charge in [-0.25, -0.2) is 13.8 Å². The van der Waals surface area contributed by atoms with Gasteiger partial charge in [-0.15, -0.1) is 11.3 Å². The molecule has 18 heavy (non-hydrogen) atoms. The highest BCUT2D eigenvalue weighted by molar-refractivity contribution is 7.15. The number of anilines is 1. The number of aromatic nitrogens is 1. The molecule has 2 aromatic rings. The Bertz CT molecular complexity index is 522. The summed E-state index contributed by atoms with van der Waals surface area (Å²) in [6.45, 7) is 1.11. The smallest absolute Gasteiger partial charge is 0.180 e. The lowest BCUT2D eigenvalue weighted by atomic mass is 10.2. The van der Waals surface area contributed by atoms with Gasteiger partial charge in [0, 0.05) is 30.2 Å². The van der Waals surface area contributed by atoms with Crippen molar-refractivity contribution in [2.75, 3.05) is 12.8 Å². The molecule has 1 heterocycles. The van der Waals surface area contributed by atoms with E-state index in [1.165, 1.54) is 23.5 Å². The number of halogens is 2. The Kier molecular flexibility index (Phi) is 3.88. The summed E-state index contributed by atoms with van der Waals surface area (Å²) in [4.78, 5) is 6.92. The van der Waals surface area contributed by atoms with Gasteiger partial charge in [0.25, 0.3) is 0 Å². The lowest BCUT2D eigenvalue weighted by molar-refractivity contribution is 0.320. The molecule has 6 heteroatoms. The third-order valence-corrected chi connectivity index (χ3v) is 3.18. The first-order valence-corrected chi connectivity index (χ1v) is 6.18. The molecule has 0 bridgehead atoms. The normalized spacial score (nSPS) is 11.1. The molecule has 2 N–H and O–H groups in total. The molecular formula is C12H13F2N3S. The van der Waals surface area contributed by atoms with Crippen molar-refractivity contribution in [2.24, 2.45) is 0 Å². The summed E-state index contributed by atoms with van der Waals surface area (Å²) in [5.41, 5.74) is 6.14. The fraction of sp³-hybridized carbons (Fsp3) is 0.250. The molecule has 3 nitrogen and oxygen atoms in total. The van der Waals surface area contributed by atoms with Crippen LogP contribution in [0, 0.1) is 11.6 Å². The Balaban J connectivity index is 2.00. The molecule has 0 saturated heterocycles. The Morgan fingerprint density at radius 1 is 1.22 bits per heavy atom. The van der Waals surface area contributed by atoms with Crippen LogP contribution in [0.4, 0.5) is 13.9 Å². The number of nitrogen functional groups attached to an aromatic ring is 1. The molecule has 1 aromatic heterocycles. The van der Waals surface area contributed by atoms with Gasteiger partial charge >= 0.3 is 0 Å². The van der Waals surface area contributed by atoms with Crippen LogP contribution in [0.25, 0.3) is 0 Å². The number of benzene rings is 1. The van der Waals surface area contributed by atoms with Crippen molar-refractivity contribution in [3.63, 3.8) is 0 Å². The minimum Gasteiger partial charge on any atom is -0.375 e. The summed E-state index contributed by atoms with van der Waals surface area (Å²) < 4.78 is 26.1. The van der Waals surface area contributed by atoms with Crippen molar-refractivity contribution in [2.45, 2.75) is 13.1 Å². The Morgan fingerprint density at radius 2 is 1.89 bits per heavy atom. The second-order valence-corrected chi connectivity index (χ2v) is 5.26. The van der Waals surface area contributed by atoms with Gasteiger partial charge < -0.3 is 5.73 Å². The van der Waals surface area contributed by atoms with E-state index in [-0.39, 0.29) is 0 Å². The molecule has 0 saturated carbocycles. The zero-order chi connectivity index (χ0) is 13.1. The van der Waals surface area contributed by atoms with E-state index in [1.807, 2.05) is 11.9 Å². The van der Waals surface area contributed by atoms with Crippen molar-refractivity contribution in [1.82, 2.24) is 9.88 Å². The fourth-order valence-electron chi connectivity index (χ4n) is 1.73. The zero-order valence-electron chi connectivity index (χ0n) is 9.86. The first-order valence-electron chi connectivity index (χ1n) is 5.36. The molecule has 0 amide bonds. The SMILES string of the molecule is CN(Cc1cc(F)cc(F)c1)Cc1cnc(N)s1. The summed E-state index contributed by atoms with van der Waals surface area (Å²) in [5.74, 6) is -1.11. The van der Waals surface area contributed by atoms with Gasteiger partial charge in [0.05, 0.1) is 0 Å². The minimum absolute atomic E-state index is 0.465. The number of hydrogen-bond acceptors (Lipinski definition) is 4. The highest BCUT2D eigenvalue weighted by atomic mass is 32.1. The molecule has 0 unspecified atom stereocenters. The molecular weight excluding hydrogens is 256 g/mol. The van der Waals surface area contributed by atoms with E-state index >= 15 is 0 Å². The molecule has 0 aliphatic carbocycles. The second kappa shape index (κ2) is 5.41. The van der Waals surface area contributed by atoms with Crippen LogP contribution in [0.1, 0.15) is 10.4 Å². The van der Waals surface area contributed by atoms with Crippen LogP contribution >= 0.6 is 11.3 Å². The van der Waals surface area contributed by atoms with Crippen molar-refractivity contribution < 1.29 is 8.78 Å². The summed E-state index contributed by atoms with van der Waals surface area (Å²) in [6.07, 6.45) is 1.71. The summed E-state index contributed by atoms with van der Waals surface area (Å²) in [5, 5.41) is 0.523.